The average Bonchev–Trinajstić information content (AvgIpc) is 2.77. The van der Waals surface area contributed by atoms with Gasteiger partial charge in [-0.3, -0.25) is 0 Å². The SMILES string of the molecule is COC(=O)/C=C/c1cnc2nc(-c3ccccc3)c(-c3ccccc3)nc2c1. The van der Waals surface area contributed by atoms with Crippen LogP contribution in [0.5, 0.6) is 0 Å². The number of carbonyl (C=O) groups is 1. The summed E-state index contributed by atoms with van der Waals surface area (Å²) in [6.07, 6.45) is 4.66. The minimum atomic E-state index is -0.421. The number of pyridine rings is 1. The summed E-state index contributed by atoms with van der Waals surface area (Å²) in [5, 5.41) is 0. The van der Waals surface area contributed by atoms with Gasteiger partial charge in [-0.1, -0.05) is 60.7 Å². The van der Waals surface area contributed by atoms with Gasteiger partial charge < -0.3 is 4.74 Å². The monoisotopic (exact) mass is 367 g/mol. The highest BCUT2D eigenvalue weighted by Crippen LogP contribution is 2.30. The van der Waals surface area contributed by atoms with Gasteiger partial charge in [0.1, 0.15) is 5.52 Å². The van der Waals surface area contributed by atoms with E-state index in [-0.39, 0.29) is 0 Å². The molecule has 0 amide bonds. The van der Waals surface area contributed by atoms with E-state index in [1.54, 1.807) is 12.3 Å². The molecule has 4 aromatic rings. The molecule has 136 valence electrons. The van der Waals surface area contributed by atoms with Crippen molar-refractivity contribution >= 4 is 23.2 Å². The van der Waals surface area contributed by atoms with Crippen LogP contribution in [-0.2, 0) is 9.53 Å². The predicted octanol–water partition coefficient (Wildman–Crippen LogP) is 4.55. The maximum absolute atomic E-state index is 11.3. The molecule has 0 N–H and O–H groups in total. The molecule has 0 atom stereocenters. The van der Waals surface area contributed by atoms with Crippen LogP contribution in [0.3, 0.4) is 0 Å². The van der Waals surface area contributed by atoms with Crippen molar-refractivity contribution < 1.29 is 9.53 Å². The van der Waals surface area contributed by atoms with Gasteiger partial charge in [0, 0.05) is 23.4 Å². The van der Waals surface area contributed by atoms with E-state index in [0.29, 0.717) is 11.2 Å². The Labute approximate surface area is 162 Å². The number of benzene rings is 2. The molecule has 2 heterocycles. The molecular weight excluding hydrogens is 350 g/mol. The molecule has 5 heteroatoms. The Balaban J connectivity index is 1.89. The number of rotatable bonds is 4. The van der Waals surface area contributed by atoms with Crippen molar-refractivity contribution in [3.05, 3.63) is 84.6 Å². The van der Waals surface area contributed by atoms with Gasteiger partial charge in [-0.2, -0.15) is 0 Å². The number of methoxy groups -OCH3 is 1. The summed E-state index contributed by atoms with van der Waals surface area (Å²) in [4.78, 5) is 25.4. The Morgan fingerprint density at radius 3 is 2.11 bits per heavy atom. The lowest BCUT2D eigenvalue weighted by Gasteiger charge is -2.10. The molecule has 0 saturated heterocycles. The van der Waals surface area contributed by atoms with Gasteiger partial charge in [-0.05, 0) is 17.7 Å². The zero-order chi connectivity index (χ0) is 19.3. The summed E-state index contributed by atoms with van der Waals surface area (Å²) in [6, 6.07) is 21.7. The highest BCUT2D eigenvalue weighted by Gasteiger charge is 2.13. The molecule has 0 fully saturated rings. The number of hydrogen-bond acceptors (Lipinski definition) is 5. The normalized spacial score (nSPS) is 11.0. The smallest absolute Gasteiger partial charge is 0.330 e. The summed E-state index contributed by atoms with van der Waals surface area (Å²) in [5.41, 5.74) is 5.48. The van der Waals surface area contributed by atoms with E-state index in [1.165, 1.54) is 13.2 Å². The lowest BCUT2D eigenvalue weighted by atomic mass is 10.0. The van der Waals surface area contributed by atoms with Crippen LogP contribution >= 0.6 is 0 Å². The fraction of sp³-hybridized carbons (Fsp3) is 0.0435. The van der Waals surface area contributed by atoms with E-state index in [1.807, 2.05) is 66.7 Å². The number of carbonyl (C=O) groups excluding carboxylic acids is 1. The Morgan fingerprint density at radius 1 is 0.893 bits per heavy atom. The molecule has 0 aliphatic heterocycles. The summed E-state index contributed by atoms with van der Waals surface area (Å²) in [5.74, 6) is -0.421. The number of hydrogen-bond donors (Lipinski definition) is 0. The number of esters is 1. The summed E-state index contributed by atoms with van der Waals surface area (Å²) >= 11 is 0. The fourth-order valence-electron chi connectivity index (χ4n) is 2.88. The van der Waals surface area contributed by atoms with Crippen LogP contribution in [0, 0.1) is 0 Å². The van der Waals surface area contributed by atoms with Crippen molar-refractivity contribution in [1.82, 2.24) is 15.0 Å². The van der Waals surface area contributed by atoms with Crippen LogP contribution in [0.2, 0.25) is 0 Å². The Kier molecular flexibility index (Phi) is 4.89. The van der Waals surface area contributed by atoms with Gasteiger partial charge in [-0.15, -0.1) is 0 Å². The van der Waals surface area contributed by atoms with Gasteiger partial charge >= 0.3 is 5.97 Å². The molecule has 0 spiro atoms. The minimum Gasteiger partial charge on any atom is -0.466 e. The minimum absolute atomic E-state index is 0.421. The highest BCUT2D eigenvalue weighted by atomic mass is 16.5. The van der Waals surface area contributed by atoms with E-state index in [2.05, 4.69) is 9.72 Å². The quantitative estimate of drug-likeness (QED) is 0.391. The van der Waals surface area contributed by atoms with Crippen LogP contribution in [0.1, 0.15) is 5.56 Å². The second-order valence-electron chi connectivity index (χ2n) is 6.12. The third-order valence-corrected chi connectivity index (χ3v) is 4.25. The Bertz CT molecular complexity index is 1160. The molecule has 2 aromatic carbocycles. The molecule has 0 unspecified atom stereocenters. The summed E-state index contributed by atoms with van der Waals surface area (Å²) in [7, 11) is 1.34. The summed E-state index contributed by atoms with van der Waals surface area (Å²) < 4.78 is 4.63. The third kappa shape index (κ3) is 3.64. The van der Waals surface area contributed by atoms with Crippen molar-refractivity contribution in [2.24, 2.45) is 0 Å². The van der Waals surface area contributed by atoms with E-state index in [0.717, 1.165) is 28.1 Å². The van der Waals surface area contributed by atoms with Crippen LogP contribution in [-0.4, -0.2) is 28.0 Å². The number of ether oxygens (including phenoxy) is 1. The molecule has 0 aliphatic rings. The van der Waals surface area contributed by atoms with E-state index in [4.69, 9.17) is 9.97 Å². The number of fused-ring (bicyclic) bond motifs is 1. The highest BCUT2D eigenvalue weighted by molar-refractivity contribution is 5.88. The molecular formula is C23H17N3O2. The fourth-order valence-corrected chi connectivity index (χ4v) is 2.88. The predicted molar refractivity (Wildman–Crippen MR) is 109 cm³/mol. The molecule has 28 heavy (non-hydrogen) atoms. The Morgan fingerprint density at radius 2 is 1.50 bits per heavy atom. The molecule has 5 nitrogen and oxygen atoms in total. The first-order valence-electron chi connectivity index (χ1n) is 8.79. The maximum atomic E-state index is 11.3. The van der Waals surface area contributed by atoms with Gasteiger partial charge in [-0.25, -0.2) is 19.7 Å². The molecule has 2 aromatic heterocycles. The second-order valence-corrected chi connectivity index (χ2v) is 6.12. The third-order valence-electron chi connectivity index (χ3n) is 4.25. The molecule has 0 radical (unpaired) electrons. The average molecular weight is 367 g/mol. The largest absolute Gasteiger partial charge is 0.466 e. The first-order valence-corrected chi connectivity index (χ1v) is 8.79. The van der Waals surface area contributed by atoms with Gasteiger partial charge in [0.2, 0.25) is 0 Å². The zero-order valence-corrected chi connectivity index (χ0v) is 15.2. The molecule has 4 rings (SSSR count). The van der Waals surface area contributed by atoms with E-state index in [9.17, 15) is 4.79 Å². The lowest BCUT2D eigenvalue weighted by Crippen LogP contribution is -1.97. The van der Waals surface area contributed by atoms with Gasteiger partial charge in [0.25, 0.3) is 0 Å². The molecule has 0 aliphatic carbocycles. The number of aromatic nitrogens is 3. The lowest BCUT2D eigenvalue weighted by molar-refractivity contribution is -0.134. The van der Waals surface area contributed by atoms with Crippen LogP contribution in [0.15, 0.2) is 79.0 Å². The van der Waals surface area contributed by atoms with Gasteiger partial charge in [0.15, 0.2) is 5.65 Å². The second kappa shape index (κ2) is 7.80. The number of nitrogens with zero attached hydrogens (tertiary/aromatic N) is 3. The zero-order valence-electron chi connectivity index (χ0n) is 15.2. The van der Waals surface area contributed by atoms with Crippen LogP contribution in [0.4, 0.5) is 0 Å². The van der Waals surface area contributed by atoms with E-state index < -0.39 is 5.97 Å². The molecule has 0 saturated carbocycles. The van der Waals surface area contributed by atoms with Crippen molar-refractivity contribution in [2.75, 3.05) is 7.11 Å². The summed E-state index contributed by atoms with van der Waals surface area (Å²) in [6.45, 7) is 0. The van der Waals surface area contributed by atoms with Crippen molar-refractivity contribution in [2.45, 2.75) is 0 Å². The molecule has 0 bridgehead atoms. The maximum Gasteiger partial charge on any atom is 0.330 e. The van der Waals surface area contributed by atoms with Gasteiger partial charge in [0.05, 0.1) is 18.5 Å². The van der Waals surface area contributed by atoms with Crippen LogP contribution < -0.4 is 0 Å². The van der Waals surface area contributed by atoms with E-state index >= 15 is 0 Å². The first kappa shape index (κ1) is 17.5. The standard InChI is InChI=1S/C23H17N3O2/c1-28-20(27)13-12-16-14-19-23(24-15-16)26-22(18-10-6-3-7-11-18)21(25-19)17-8-4-2-5-9-17/h2-15H,1H3/b13-12+. The van der Waals surface area contributed by atoms with Crippen molar-refractivity contribution in [3.8, 4) is 22.5 Å². The first-order chi connectivity index (χ1) is 13.7. The van der Waals surface area contributed by atoms with Crippen molar-refractivity contribution in [3.63, 3.8) is 0 Å². The Hall–Kier alpha value is -3.86. The topological polar surface area (TPSA) is 65.0 Å². The van der Waals surface area contributed by atoms with Crippen LogP contribution in [0.25, 0.3) is 39.8 Å². The van der Waals surface area contributed by atoms with Crippen molar-refractivity contribution in [1.29, 1.82) is 0 Å².